The number of nitrogens with one attached hydrogen (secondary N) is 1. The van der Waals surface area contributed by atoms with Gasteiger partial charge in [0.15, 0.2) is 0 Å². The zero-order valence-electron chi connectivity index (χ0n) is 14.8. The Kier molecular flexibility index (Phi) is 5.50. The summed E-state index contributed by atoms with van der Waals surface area (Å²) in [7, 11) is 0. The normalized spacial score (nSPS) is 20.9. The first-order valence-electron chi connectivity index (χ1n) is 8.80. The molecule has 146 valence electrons. The Morgan fingerprint density at radius 2 is 1.89 bits per heavy atom. The van der Waals surface area contributed by atoms with Crippen LogP contribution in [0.15, 0.2) is 18.2 Å². The van der Waals surface area contributed by atoms with Crippen LogP contribution in [0.1, 0.15) is 43.4 Å². The highest BCUT2D eigenvalue weighted by Crippen LogP contribution is 2.36. The van der Waals surface area contributed by atoms with E-state index in [1.54, 1.807) is 6.92 Å². The molecule has 1 aliphatic carbocycles. The van der Waals surface area contributed by atoms with E-state index >= 15 is 0 Å². The van der Waals surface area contributed by atoms with Crippen molar-refractivity contribution in [3.63, 3.8) is 0 Å². The van der Waals surface area contributed by atoms with Crippen LogP contribution in [-0.2, 0) is 6.18 Å². The summed E-state index contributed by atoms with van der Waals surface area (Å²) in [6, 6.07) is 2.74. The van der Waals surface area contributed by atoms with Crippen LogP contribution in [0.25, 0.3) is 11.3 Å². The van der Waals surface area contributed by atoms with E-state index < -0.39 is 17.5 Å². The molecule has 3 N–H and O–H groups in total. The second kappa shape index (κ2) is 7.67. The number of rotatable bonds is 3. The third-order valence-corrected chi connectivity index (χ3v) is 4.67. The molecule has 2 aromatic rings. The van der Waals surface area contributed by atoms with Gasteiger partial charge in [-0.25, -0.2) is 4.98 Å². The largest absolute Gasteiger partial charge is 0.507 e. The highest BCUT2D eigenvalue weighted by Gasteiger charge is 2.31. The third-order valence-electron chi connectivity index (χ3n) is 4.67. The van der Waals surface area contributed by atoms with Crippen molar-refractivity contribution in [2.75, 3.05) is 5.32 Å². The van der Waals surface area contributed by atoms with Gasteiger partial charge in [0, 0.05) is 11.6 Å². The van der Waals surface area contributed by atoms with Crippen LogP contribution < -0.4 is 5.32 Å². The Bertz CT molecular complexity index is 814. The van der Waals surface area contributed by atoms with Crippen molar-refractivity contribution in [2.45, 2.75) is 57.3 Å². The van der Waals surface area contributed by atoms with Gasteiger partial charge in [-0.15, -0.1) is 10.2 Å². The number of phenols is 1. The highest BCUT2D eigenvalue weighted by molar-refractivity contribution is 5.69. The summed E-state index contributed by atoms with van der Waals surface area (Å²) in [4.78, 5) is 4.31. The van der Waals surface area contributed by atoms with Gasteiger partial charge in [0.25, 0.3) is 0 Å². The van der Waals surface area contributed by atoms with E-state index in [9.17, 15) is 23.4 Å². The zero-order chi connectivity index (χ0) is 19.6. The van der Waals surface area contributed by atoms with Gasteiger partial charge in [0.1, 0.15) is 11.4 Å². The minimum absolute atomic E-state index is 0.0361. The number of aryl methyl sites for hydroxylation is 1. The molecule has 0 bridgehead atoms. The van der Waals surface area contributed by atoms with Crippen LogP contribution in [0.5, 0.6) is 5.75 Å². The van der Waals surface area contributed by atoms with Crippen molar-refractivity contribution in [1.82, 2.24) is 15.2 Å². The quantitative estimate of drug-likeness (QED) is 0.702. The first-order valence-corrected chi connectivity index (χ1v) is 8.80. The van der Waals surface area contributed by atoms with Gasteiger partial charge < -0.3 is 15.5 Å². The molecule has 27 heavy (non-hydrogen) atoms. The summed E-state index contributed by atoms with van der Waals surface area (Å²) in [5.74, 6) is -0.238. The van der Waals surface area contributed by atoms with Gasteiger partial charge in [-0.2, -0.15) is 13.2 Å². The Morgan fingerprint density at radius 3 is 2.56 bits per heavy atom. The molecule has 0 amide bonds. The average Bonchev–Trinajstić information content (AvgIpc) is 2.78. The van der Waals surface area contributed by atoms with Crippen molar-refractivity contribution in [3.8, 4) is 17.0 Å². The van der Waals surface area contributed by atoms with E-state index in [4.69, 9.17) is 0 Å². The molecule has 0 spiro atoms. The summed E-state index contributed by atoms with van der Waals surface area (Å²) < 4.78 is 38.2. The molecule has 0 radical (unpaired) electrons. The lowest BCUT2D eigenvalue weighted by Crippen LogP contribution is -2.25. The molecule has 1 heterocycles. The van der Waals surface area contributed by atoms with Crippen LogP contribution in [0.2, 0.25) is 0 Å². The number of halogens is 3. The lowest BCUT2D eigenvalue weighted by Gasteiger charge is -2.18. The van der Waals surface area contributed by atoms with E-state index in [0.29, 0.717) is 24.1 Å². The predicted molar refractivity (Wildman–Crippen MR) is 93.2 cm³/mol. The molecule has 1 aromatic carbocycles. The van der Waals surface area contributed by atoms with Gasteiger partial charge in [-0.3, -0.25) is 0 Å². The average molecular weight is 382 g/mol. The van der Waals surface area contributed by atoms with Crippen LogP contribution >= 0.6 is 0 Å². The van der Waals surface area contributed by atoms with Gasteiger partial charge >= 0.3 is 6.18 Å². The second-order valence-corrected chi connectivity index (χ2v) is 6.81. The lowest BCUT2D eigenvalue weighted by molar-refractivity contribution is -0.137. The molecule has 0 unspecified atom stereocenters. The molecular formula is C18H21F3N4O2. The van der Waals surface area contributed by atoms with E-state index in [1.165, 1.54) is 0 Å². The smallest absolute Gasteiger partial charge is 0.416 e. The highest BCUT2D eigenvalue weighted by atomic mass is 19.4. The molecule has 1 fully saturated rings. The van der Waals surface area contributed by atoms with Crippen LogP contribution in [0, 0.1) is 6.92 Å². The Hall–Kier alpha value is -2.42. The van der Waals surface area contributed by atoms with Crippen molar-refractivity contribution in [1.29, 1.82) is 0 Å². The minimum atomic E-state index is -4.54. The van der Waals surface area contributed by atoms with Crippen molar-refractivity contribution >= 4 is 5.95 Å². The molecular weight excluding hydrogens is 361 g/mol. The standard InChI is InChI=1S/C18H21F3N4O2/c1-10-16(14-7-6-11(8-15(14)27)18(19,20)21)24-25-17(22-10)23-12-4-2-3-5-13(26)9-12/h6-8,12-13,26-27H,2-5,9H2,1H3,(H,22,23,25)/t12-,13-/m1/s1. The number of nitrogens with zero attached hydrogens (tertiary/aromatic N) is 3. The second-order valence-electron chi connectivity index (χ2n) is 6.81. The summed E-state index contributed by atoms with van der Waals surface area (Å²) in [5.41, 5.74) is -0.158. The zero-order valence-corrected chi connectivity index (χ0v) is 14.8. The first-order chi connectivity index (χ1) is 12.7. The molecule has 2 atom stereocenters. The molecule has 0 saturated heterocycles. The number of aliphatic hydroxyl groups is 1. The van der Waals surface area contributed by atoms with Crippen LogP contribution in [0.4, 0.5) is 19.1 Å². The molecule has 3 rings (SSSR count). The number of anilines is 1. The number of phenolic OH excluding ortho intramolecular Hbond substituents is 1. The number of aromatic hydroxyl groups is 1. The van der Waals surface area contributed by atoms with E-state index in [0.717, 1.165) is 37.8 Å². The Labute approximate surface area is 154 Å². The van der Waals surface area contributed by atoms with Gasteiger partial charge in [-0.1, -0.05) is 12.8 Å². The minimum Gasteiger partial charge on any atom is -0.507 e. The maximum Gasteiger partial charge on any atom is 0.416 e. The van der Waals surface area contributed by atoms with E-state index in [1.807, 2.05) is 0 Å². The number of aromatic nitrogens is 3. The first kappa shape index (κ1) is 19.3. The number of benzene rings is 1. The van der Waals surface area contributed by atoms with Crippen molar-refractivity contribution in [2.24, 2.45) is 0 Å². The fourth-order valence-electron chi connectivity index (χ4n) is 3.27. The topological polar surface area (TPSA) is 91.2 Å². The molecule has 6 nitrogen and oxygen atoms in total. The maximum atomic E-state index is 12.7. The number of hydrogen-bond donors (Lipinski definition) is 3. The molecule has 1 aromatic heterocycles. The fourth-order valence-corrected chi connectivity index (χ4v) is 3.27. The summed E-state index contributed by atoms with van der Waals surface area (Å²) >= 11 is 0. The van der Waals surface area contributed by atoms with Crippen LogP contribution in [-0.4, -0.2) is 37.5 Å². The SMILES string of the molecule is Cc1nc(N[C@@H]2CCCC[C@@H](O)C2)nnc1-c1ccc(C(F)(F)F)cc1O. The number of hydrogen-bond acceptors (Lipinski definition) is 6. The van der Waals surface area contributed by atoms with Crippen LogP contribution in [0.3, 0.4) is 0 Å². The summed E-state index contributed by atoms with van der Waals surface area (Å²) in [5, 5.41) is 31.1. The number of alkyl halides is 3. The van der Waals surface area contributed by atoms with Gasteiger partial charge in [0.05, 0.1) is 17.4 Å². The van der Waals surface area contributed by atoms with E-state index in [2.05, 4.69) is 20.5 Å². The molecule has 0 aliphatic heterocycles. The maximum absolute atomic E-state index is 12.7. The Balaban J connectivity index is 1.81. The fraction of sp³-hybridized carbons (Fsp3) is 0.500. The predicted octanol–water partition coefficient (Wildman–Crippen LogP) is 3.68. The van der Waals surface area contributed by atoms with Gasteiger partial charge in [-0.05, 0) is 44.4 Å². The molecule has 1 saturated carbocycles. The molecule has 9 heteroatoms. The summed E-state index contributed by atoms with van der Waals surface area (Å²) in [6.45, 7) is 1.65. The molecule has 1 aliphatic rings. The Morgan fingerprint density at radius 1 is 1.15 bits per heavy atom. The lowest BCUT2D eigenvalue weighted by atomic mass is 10.1. The van der Waals surface area contributed by atoms with Crippen molar-refractivity contribution < 1.29 is 23.4 Å². The van der Waals surface area contributed by atoms with Gasteiger partial charge in [0.2, 0.25) is 5.95 Å². The number of aliphatic hydroxyl groups excluding tert-OH is 1. The van der Waals surface area contributed by atoms with E-state index in [-0.39, 0.29) is 23.4 Å². The monoisotopic (exact) mass is 382 g/mol. The summed E-state index contributed by atoms with van der Waals surface area (Å²) in [6.07, 6.45) is -0.649. The third kappa shape index (κ3) is 4.65. The van der Waals surface area contributed by atoms with Crippen molar-refractivity contribution in [3.05, 3.63) is 29.5 Å².